The van der Waals surface area contributed by atoms with Crippen molar-refractivity contribution in [2.24, 2.45) is 0 Å². The van der Waals surface area contributed by atoms with Crippen molar-refractivity contribution >= 4 is 38.6 Å². The van der Waals surface area contributed by atoms with Crippen molar-refractivity contribution in [1.82, 2.24) is 4.57 Å². The third-order valence-corrected chi connectivity index (χ3v) is 4.55. The van der Waals surface area contributed by atoms with Crippen LogP contribution in [-0.4, -0.2) is 27.8 Å². The van der Waals surface area contributed by atoms with E-state index in [4.69, 9.17) is 4.74 Å². The fourth-order valence-electron chi connectivity index (χ4n) is 2.81. The molecule has 134 valence electrons. The smallest absolute Gasteiger partial charge is 0.338 e. The van der Waals surface area contributed by atoms with Crippen LogP contribution in [-0.2, 0) is 4.74 Å². The van der Waals surface area contributed by atoms with Crippen molar-refractivity contribution in [2.75, 3.05) is 6.61 Å². The Morgan fingerprint density at radius 2 is 1.92 bits per heavy atom. The van der Waals surface area contributed by atoms with Gasteiger partial charge >= 0.3 is 5.97 Å². The number of benzene rings is 2. The molecule has 0 aliphatic carbocycles. The zero-order chi connectivity index (χ0) is 18.7. The number of hydrogen-bond acceptors (Lipinski definition) is 3. The van der Waals surface area contributed by atoms with Crippen molar-refractivity contribution in [1.29, 1.82) is 0 Å². The number of alkyl halides is 1. The number of carbonyl (C=O) groups excluding carboxylic acids is 2. The van der Waals surface area contributed by atoms with E-state index in [-0.39, 0.29) is 16.6 Å². The Balaban J connectivity index is 1.96. The van der Waals surface area contributed by atoms with Gasteiger partial charge in [-0.15, -0.1) is 0 Å². The molecule has 1 heterocycles. The average molecular weight is 414 g/mol. The summed E-state index contributed by atoms with van der Waals surface area (Å²) in [5.74, 6) is -0.260. The highest BCUT2D eigenvalue weighted by Crippen LogP contribution is 2.24. The number of ether oxygens (including phenoxy) is 1. The van der Waals surface area contributed by atoms with Gasteiger partial charge < -0.3 is 9.30 Å². The van der Waals surface area contributed by atoms with Crippen LogP contribution in [0.1, 0.15) is 41.0 Å². The number of esters is 1. The molecule has 0 saturated heterocycles. The monoisotopic (exact) mass is 413 g/mol. The van der Waals surface area contributed by atoms with Gasteiger partial charge in [0.2, 0.25) is 0 Å². The predicted molar refractivity (Wildman–Crippen MR) is 107 cm³/mol. The average Bonchev–Trinajstić information content (AvgIpc) is 3.08. The largest absolute Gasteiger partial charge is 0.462 e. The molecule has 0 amide bonds. The number of carbonyl (C=O) groups is 2. The van der Waals surface area contributed by atoms with Gasteiger partial charge in [0.1, 0.15) is 0 Å². The molecule has 3 rings (SSSR count). The Kier molecular flexibility index (Phi) is 5.57. The highest BCUT2D eigenvalue weighted by Gasteiger charge is 2.14. The lowest BCUT2D eigenvalue weighted by molar-refractivity contribution is 0.0505. The molecular weight excluding hydrogens is 394 g/mol. The van der Waals surface area contributed by atoms with E-state index in [9.17, 15) is 9.59 Å². The first-order valence-electron chi connectivity index (χ1n) is 8.58. The molecule has 1 atom stereocenters. The van der Waals surface area contributed by atoms with Crippen LogP contribution in [0, 0.1) is 0 Å². The summed E-state index contributed by atoms with van der Waals surface area (Å²) in [6.45, 7) is 4.20. The van der Waals surface area contributed by atoms with Gasteiger partial charge in [-0.2, -0.15) is 0 Å². The fraction of sp³-hybridized carbons (Fsp3) is 0.238. The molecule has 0 aliphatic heterocycles. The second-order valence-corrected chi connectivity index (χ2v) is 7.50. The topological polar surface area (TPSA) is 48.3 Å². The van der Waals surface area contributed by atoms with Crippen LogP contribution in [0.2, 0.25) is 0 Å². The highest BCUT2D eigenvalue weighted by molar-refractivity contribution is 9.10. The second kappa shape index (κ2) is 7.87. The van der Waals surface area contributed by atoms with Crippen LogP contribution in [0.25, 0.3) is 16.6 Å². The maximum absolute atomic E-state index is 12.2. The number of fused-ring (bicyclic) bond motifs is 1. The number of hydrogen-bond donors (Lipinski definition) is 0. The van der Waals surface area contributed by atoms with Crippen LogP contribution in [0.3, 0.4) is 0 Å². The van der Waals surface area contributed by atoms with Crippen molar-refractivity contribution in [3.63, 3.8) is 0 Å². The number of Topliss-reactive ketones (excluding diaryl/α,β-unsaturated/α-hetero) is 1. The Bertz CT molecular complexity index is 959. The van der Waals surface area contributed by atoms with E-state index in [0.717, 1.165) is 23.0 Å². The SMILES string of the molecule is CCCOC(=O)c1cccc(-n2ccc3cc(C(=O)C(C)Br)ccc32)c1. The minimum Gasteiger partial charge on any atom is -0.462 e. The molecule has 0 radical (unpaired) electrons. The molecule has 5 heteroatoms. The number of ketones is 1. The lowest BCUT2D eigenvalue weighted by Crippen LogP contribution is -2.09. The molecule has 3 aromatic rings. The Labute approximate surface area is 160 Å². The summed E-state index contributed by atoms with van der Waals surface area (Å²) in [5, 5.41) is 0.975. The summed E-state index contributed by atoms with van der Waals surface area (Å²) in [6.07, 6.45) is 2.73. The van der Waals surface area contributed by atoms with E-state index in [1.807, 2.05) is 67.1 Å². The molecule has 26 heavy (non-hydrogen) atoms. The summed E-state index contributed by atoms with van der Waals surface area (Å²) in [7, 11) is 0. The molecule has 0 bridgehead atoms. The maximum atomic E-state index is 12.2. The lowest BCUT2D eigenvalue weighted by Gasteiger charge is -2.09. The van der Waals surface area contributed by atoms with E-state index >= 15 is 0 Å². The zero-order valence-electron chi connectivity index (χ0n) is 14.7. The fourth-order valence-corrected chi connectivity index (χ4v) is 3.08. The minimum absolute atomic E-state index is 0.0558. The first-order chi connectivity index (χ1) is 12.5. The van der Waals surface area contributed by atoms with Crippen LogP contribution < -0.4 is 0 Å². The Hall–Kier alpha value is -2.40. The molecule has 4 nitrogen and oxygen atoms in total. The van der Waals surface area contributed by atoms with Crippen molar-refractivity contribution in [3.8, 4) is 5.69 Å². The third kappa shape index (κ3) is 3.73. The van der Waals surface area contributed by atoms with Gasteiger partial charge in [0.25, 0.3) is 0 Å². The van der Waals surface area contributed by atoms with Gasteiger partial charge in [0.15, 0.2) is 5.78 Å². The van der Waals surface area contributed by atoms with Crippen LogP contribution in [0.15, 0.2) is 54.7 Å². The second-order valence-electron chi connectivity index (χ2n) is 6.13. The first-order valence-corrected chi connectivity index (χ1v) is 9.49. The molecule has 0 spiro atoms. The van der Waals surface area contributed by atoms with E-state index in [1.54, 1.807) is 6.07 Å². The number of aromatic nitrogens is 1. The normalized spacial score (nSPS) is 12.1. The quantitative estimate of drug-likeness (QED) is 0.318. The highest BCUT2D eigenvalue weighted by atomic mass is 79.9. The molecular formula is C21H20BrNO3. The summed E-state index contributed by atoms with van der Waals surface area (Å²) >= 11 is 3.32. The summed E-state index contributed by atoms with van der Waals surface area (Å²) < 4.78 is 7.21. The first kappa shape index (κ1) is 18.4. The summed E-state index contributed by atoms with van der Waals surface area (Å²) in [5.41, 5.74) is 3.05. The molecule has 0 saturated carbocycles. The Morgan fingerprint density at radius 1 is 1.12 bits per heavy atom. The molecule has 1 unspecified atom stereocenters. The molecule has 0 aliphatic rings. The summed E-state index contributed by atoms with van der Waals surface area (Å²) in [4.78, 5) is 24.0. The van der Waals surface area contributed by atoms with Crippen molar-refractivity contribution < 1.29 is 14.3 Å². The van der Waals surface area contributed by atoms with Gasteiger partial charge in [-0.3, -0.25) is 4.79 Å². The van der Waals surface area contributed by atoms with E-state index < -0.39 is 0 Å². The minimum atomic E-state index is -0.315. The van der Waals surface area contributed by atoms with Crippen LogP contribution >= 0.6 is 15.9 Å². The van der Waals surface area contributed by atoms with Gasteiger partial charge in [-0.25, -0.2) is 4.79 Å². The van der Waals surface area contributed by atoms with E-state index in [0.29, 0.717) is 17.7 Å². The standard InChI is InChI=1S/C21H20BrNO3/c1-3-11-26-21(25)17-5-4-6-18(13-17)23-10-9-15-12-16(7-8-19(15)23)20(24)14(2)22/h4-10,12-14H,3,11H2,1-2H3. The third-order valence-electron chi connectivity index (χ3n) is 4.13. The molecule has 0 fully saturated rings. The van der Waals surface area contributed by atoms with Crippen LogP contribution in [0.5, 0.6) is 0 Å². The van der Waals surface area contributed by atoms with Crippen molar-refractivity contribution in [3.05, 3.63) is 65.9 Å². The predicted octanol–water partition coefficient (Wildman–Crippen LogP) is 5.16. The maximum Gasteiger partial charge on any atom is 0.338 e. The van der Waals surface area contributed by atoms with Gasteiger partial charge in [-0.05, 0) is 55.8 Å². The van der Waals surface area contributed by atoms with Crippen LogP contribution in [0.4, 0.5) is 0 Å². The van der Waals surface area contributed by atoms with E-state index in [2.05, 4.69) is 15.9 Å². The zero-order valence-corrected chi connectivity index (χ0v) is 16.3. The van der Waals surface area contributed by atoms with E-state index in [1.165, 1.54) is 0 Å². The van der Waals surface area contributed by atoms with Crippen molar-refractivity contribution in [2.45, 2.75) is 25.1 Å². The lowest BCUT2D eigenvalue weighted by atomic mass is 10.1. The Morgan fingerprint density at radius 3 is 2.65 bits per heavy atom. The number of rotatable bonds is 6. The van der Waals surface area contributed by atoms with Gasteiger partial charge in [0, 0.05) is 22.8 Å². The number of nitrogens with zero attached hydrogens (tertiary/aromatic N) is 1. The van der Waals surface area contributed by atoms with Gasteiger partial charge in [-0.1, -0.05) is 28.9 Å². The number of halogens is 1. The molecule has 2 aromatic carbocycles. The van der Waals surface area contributed by atoms with Gasteiger partial charge in [0.05, 0.1) is 22.5 Å². The molecule has 0 N–H and O–H groups in total. The molecule has 1 aromatic heterocycles. The summed E-state index contributed by atoms with van der Waals surface area (Å²) in [6, 6.07) is 15.0.